The maximum atomic E-state index is 5.76. The third kappa shape index (κ3) is 1.57. The van der Waals surface area contributed by atoms with E-state index in [1.54, 1.807) is 0 Å². The van der Waals surface area contributed by atoms with Crippen molar-refractivity contribution in [2.75, 3.05) is 0 Å². The molecule has 2 aromatic rings. The molecule has 0 amide bonds. The molecule has 2 radical (unpaired) electrons. The van der Waals surface area contributed by atoms with Crippen molar-refractivity contribution in [3.05, 3.63) is 71.9 Å². The van der Waals surface area contributed by atoms with Gasteiger partial charge in [0.15, 0.2) is 12.2 Å². The average molecular weight is 236 g/mol. The molecule has 0 unspecified atom stereocenters. The van der Waals surface area contributed by atoms with Crippen molar-refractivity contribution in [3.8, 4) is 11.5 Å². The number of ether oxygens (including phenoxy) is 2. The summed E-state index contributed by atoms with van der Waals surface area (Å²) < 4.78 is 11.5. The van der Waals surface area contributed by atoms with Crippen LogP contribution in [0.2, 0.25) is 0 Å². The van der Waals surface area contributed by atoms with Gasteiger partial charge in [-0.2, -0.15) is 0 Å². The fourth-order valence-corrected chi connectivity index (χ4v) is 2.44. The molecule has 4 heterocycles. The van der Waals surface area contributed by atoms with Gasteiger partial charge in [-0.15, -0.1) is 0 Å². The lowest BCUT2D eigenvalue weighted by atomic mass is 9.96. The first kappa shape index (κ1) is 10.0. The van der Waals surface area contributed by atoms with Crippen molar-refractivity contribution in [1.82, 2.24) is 0 Å². The SMILES string of the molecule is c1cc2ccc1O[C]2CC[C]1Oc2ccc1cc2. The zero-order valence-corrected chi connectivity index (χ0v) is 9.85. The van der Waals surface area contributed by atoms with Gasteiger partial charge in [0.05, 0.1) is 0 Å². The number of benzene rings is 2. The van der Waals surface area contributed by atoms with Crippen LogP contribution in [0.1, 0.15) is 24.0 Å². The van der Waals surface area contributed by atoms with E-state index in [4.69, 9.17) is 9.47 Å². The topological polar surface area (TPSA) is 18.5 Å². The fourth-order valence-electron chi connectivity index (χ4n) is 2.44. The maximum absolute atomic E-state index is 5.76. The largest absolute Gasteiger partial charge is 0.478 e. The summed E-state index contributed by atoms with van der Waals surface area (Å²) in [6, 6.07) is 16.4. The Morgan fingerprint density at radius 2 is 0.944 bits per heavy atom. The highest BCUT2D eigenvalue weighted by molar-refractivity contribution is 5.43. The highest BCUT2D eigenvalue weighted by atomic mass is 16.5. The molecule has 0 spiro atoms. The van der Waals surface area contributed by atoms with Crippen molar-refractivity contribution >= 4 is 0 Å². The summed E-state index contributed by atoms with van der Waals surface area (Å²) in [5, 5.41) is 0. The number of fused-ring (bicyclic) bond motifs is 6. The molecule has 0 aliphatic carbocycles. The predicted octanol–water partition coefficient (Wildman–Crippen LogP) is 3.71. The average Bonchev–Trinajstić information content (AvgIpc) is 2.48. The standard InChI is InChI=1S/C16H12O2/c1-5-13-6-2-11(1)15(17-13)9-10-16-12-3-7-14(18-16)8-4-12/h1-8H,9-10H2. The lowest BCUT2D eigenvalue weighted by molar-refractivity contribution is 0.282. The third-order valence-electron chi connectivity index (χ3n) is 3.41. The Morgan fingerprint density at radius 3 is 1.22 bits per heavy atom. The molecule has 4 aliphatic heterocycles. The van der Waals surface area contributed by atoms with Gasteiger partial charge < -0.3 is 9.47 Å². The first-order valence-electron chi connectivity index (χ1n) is 6.17. The monoisotopic (exact) mass is 236 g/mol. The van der Waals surface area contributed by atoms with Crippen LogP contribution in [0.4, 0.5) is 0 Å². The highest BCUT2D eigenvalue weighted by Crippen LogP contribution is 2.36. The molecule has 0 saturated heterocycles. The van der Waals surface area contributed by atoms with Crippen LogP contribution in [0, 0.1) is 12.2 Å². The molecular formula is C16H12O2. The van der Waals surface area contributed by atoms with Crippen molar-refractivity contribution in [3.63, 3.8) is 0 Å². The molecule has 0 N–H and O–H groups in total. The Hall–Kier alpha value is -1.96. The molecule has 6 rings (SSSR count). The van der Waals surface area contributed by atoms with E-state index in [1.165, 1.54) is 11.1 Å². The Bertz CT molecular complexity index is 503. The minimum absolute atomic E-state index is 0.876. The molecule has 88 valence electrons. The van der Waals surface area contributed by atoms with Gasteiger partial charge in [0.25, 0.3) is 0 Å². The molecule has 4 aliphatic rings. The molecule has 2 heteroatoms. The van der Waals surface area contributed by atoms with Crippen LogP contribution in [-0.4, -0.2) is 0 Å². The Kier molecular flexibility index (Phi) is 2.10. The van der Waals surface area contributed by atoms with Crippen LogP contribution in [0.15, 0.2) is 48.5 Å². The summed E-state index contributed by atoms with van der Waals surface area (Å²) in [7, 11) is 0. The van der Waals surface area contributed by atoms with Gasteiger partial charge in [0, 0.05) is 24.0 Å². The van der Waals surface area contributed by atoms with Gasteiger partial charge >= 0.3 is 0 Å². The smallest absolute Gasteiger partial charge is 0.178 e. The van der Waals surface area contributed by atoms with E-state index in [9.17, 15) is 0 Å². The Morgan fingerprint density at radius 1 is 0.556 bits per heavy atom. The van der Waals surface area contributed by atoms with E-state index in [-0.39, 0.29) is 0 Å². The predicted molar refractivity (Wildman–Crippen MR) is 68.1 cm³/mol. The maximum Gasteiger partial charge on any atom is 0.178 e. The second-order valence-electron chi connectivity index (χ2n) is 4.60. The van der Waals surface area contributed by atoms with E-state index < -0.39 is 0 Å². The van der Waals surface area contributed by atoms with E-state index >= 15 is 0 Å². The minimum atomic E-state index is 0.876. The minimum Gasteiger partial charge on any atom is -0.478 e. The Labute approximate surface area is 106 Å². The molecule has 0 saturated carbocycles. The highest BCUT2D eigenvalue weighted by Gasteiger charge is 2.26. The lowest BCUT2D eigenvalue weighted by Crippen LogP contribution is -2.18. The van der Waals surface area contributed by atoms with Crippen molar-refractivity contribution in [1.29, 1.82) is 0 Å². The van der Waals surface area contributed by atoms with Gasteiger partial charge in [0.1, 0.15) is 11.5 Å². The molecule has 0 aromatic heterocycles. The van der Waals surface area contributed by atoms with Crippen LogP contribution >= 0.6 is 0 Å². The number of rotatable bonds is 3. The van der Waals surface area contributed by atoms with E-state index in [0.29, 0.717) is 0 Å². The lowest BCUT2D eigenvalue weighted by Gasteiger charge is -2.27. The van der Waals surface area contributed by atoms with Crippen molar-refractivity contribution in [2.24, 2.45) is 0 Å². The molecule has 18 heavy (non-hydrogen) atoms. The molecule has 0 fully saturated rings. The molecule has 0 atom stereocenters. The number of hydrogen-bond acceptors (Lipinski definition) is 2. The first-order valence-corrected chi connectivity index (χ1v) is 6.17. The summed E-state index contributed by atoms with van der Waals surface area (Å²) in [6.07, 6.45) is 3.85. The number of hydrogen-bond donors (Lipinski definition) is 0. The fraction of sp³-hybridized carbons (Fsp3) is 0.125. The first-order chi connectivity index (χ1) is 8.88. The van der Waals surface area contributed by atoms with Crippen LogP contribution in [0.25, 0.3) is 0 Å². The van der Waals surface area contributed by atoms with Crippen LogP contribution in [-0.2, 0) is 0 Å². The van der Waals surface area contributed by atoms with E-state index in [2.05, 4.69) is 24.3 Å². The van der Waals surface area contributed by atoms with Gasteiger partial charge in [-0.05, 0) is 24.3 Å². The molecular weight excluding hydrogens is 224 g/mol. The van der Waals surface area contributed by atoms with Crippen LogP contribution < -0.4 is 9.47 Å². The third-order valence-corrected chi connectivity index (χ3v) is 3.41. The van der Waals surface area contributed by atoms with Crippen molar-refractivity contribution < 1.29 is 9.47 Å². The molecule has 2 aromatic carbocycles. The van der Waals surface area contributed by atoms with Gasteiger partial charge in [-0.25, -0.2) is 0 Å². The Balaban J connectivity index is 1.44. The van der Waals surface area contributed by atoms with Crippen LogP contribution in [0.5, 0.6) is 11.5 Å². The van der Waals surface area contributed by atoms with Gasteiger partial charge in [-0.3, -0.25) is 0 Å². The normalized spacial score (nSPS) is 16.7. The van der Waals surface area contributed by atoms with E-state index in [1.807, 2.05) is 24.3 Å². The molecule has 4 bridgehead atoms. The summed E-state index contributed by atoms with van der Waals surface area (Å²) >= 11 is 0. The quantitative estimate of drug-likeness (QED) is 0.808. The zero-order chi connectivity index (χ0) is 11.9. The second-order valence-corrected chi connectivity index (χ2v) is 4.60. The van der Waals surface area contributed by atoms with Gasteiger partial charge in [-0.1, -0.05) is 24.3 Å². The summed E-state index contributed by atoms with van der Waals surface area (Å²) in [4.78, 5) is 0. The second kappa shape index (κ2) is 3.77. The summed E-state index contributed by atoms with van der Waals surface area (Å²) in [5.41, 5.74) is 2.35. The van der Waals surface area contributed by atoms with Crippen molar-refractivity contribution in [2.45, 2.75) is 12.8 Å². The van der Waals surface area contributed by atoms with Crippen LogP contribution in [0.3, 0.4) is 0 Å². The summed E-state index contributed by atoms with van der Waals surface area (Å²) in [5.74, 6) is 1.86. The van der Waals surface area contributed by atoms with E-state index in [0.717, 1.165) is 36.5 Å². The summed E-state index contributed by atoms with van der Waals surface area (Å²) in [6.45, 7) is 0. The molecule has 2 nitrogen and oxygen atoms in total. The van der Waals surface area contributed by atoms with Gasteiger partial charge in [0.2, 0.25) is 0 Å². The zero-order valence-electron chi connectivity index (χ0n) is 9.85.